The first kappa shape index (κ1) is 17.6. The Balaban J connectivity index is 1.61. The number of aromatic nitrogens is 1. The molecule has 1 aliphatic rings. The standard InChI is InChI=1S/C19H19N3O4/c1-26-19(25)13-5-7-16(8-6-13)22-12-14(10-17(22)23)18(24)21-11-15-4-2-3-9-20-15/h2-9,14H,10-12H2,1H3,(H,21,24). The number of carbonyl (C=O) groups excluding carboxylic acids is 3. The van der Waals surface area contributed by atoms with Gasteiger partial charge in [-0.2, -0.15) is 0 Å². The zero-order valence-corrected chi connectivity index (χ0v) is 14.3. The molecule has 26 heavy (non-hydrogen) atoms. The van der Waals surface area contributed by atoms with Crippen molar-refractivity contribution in [2.24, 2.45) is 5.92 Å². The third-order valence-corrected chi connectivity index (χ3v) is 4.27. The third kappa shape index (κ3) is 3.88. The van der Waals surface area contributed by atoms with Gasteiger partial charge in [-0.15, -0.1) is 0 Å². The van der Waals surface area contributed by atoms with E-state index in [0.29, 0.717) is 24.3 Å². The highest BCUT2D eigenvalue weighted by Crippen LogP contribution is 2.25. The molecule has 1 aromatic carbocycles. The lowest BCUT2D eigenvalue weighted by Gasteiger charge is -2.17. The summed E-state index contributed by atoms with van der Waals surface area (Å²) in [5.41, 5.74) is 1.83. The second kappa shape index (κ2) is 7.77. The molecule has 1 fully saturated rings. The van der Waals surface area contributed by atoms with E-state index in [2.05, 4.69) is 15.0 Å². The van der Waals surface area contributed by atoms with E-state index in [1.165, 1.54) is 7.11 Å². The van der Waals surface area contributed by atoms with E-state index in [0.717, 1.165) is 5.69 Å². The van der Waals surface area contributed by atoms with Gasteiger partial charge < -0.3 is 15.0 Å². The summed E-state index contributed by atoms with van der Waals surface area (Å²) >= 11 is 0. The SMILES string of the molecule is COC(=O)c1ccc(N2CC(C(=O)NCc3ccccn3)CC2=O)cc1. The van der Waals surface area contributed by atoms with Crippen LogP contribution in [0.1, 0.15) is 22.5 Å². The maximum atomic E-state index is 12.3. The number of hydrogen-bond donors (Lipinski definition) is 1. The minimum atomic E-state index is -0.434. The Morgan fingerprint density at radius 3 is 2.65 bits per heavy atom. The molecule has 3 rings (SSSR count). The van der Waals surface area contributed by atoms with Crippen LogP contribution in [0.4, 0.5) is 5.69 Å². The van der Waals surface area contributed by atoms with E-state index in [4.69, 9.17) is 0 Å². The van der Waals surface area contributed by atoms with E-state index in [1.54, 1.807) is 35.4 Å². The molecule has 7 heteroatoms. The van der Waals surface area contributed by atoms with E-state index in [9.17, 15) is 14.4 Å². The molecule has 0 saturated carbocycles. The Morgan fingerprint density at radius 2 is 2.00 bits per heavy atom. The van der Waals surface area contributed by atoms with Gasteiger partial charge in [0, 0.05) is 24.8 Å². The summed E-state index contributed by atoms with van der Waals surface area (Å²) in [7, 11) is 1.31. The van der Waals surface area contributed by atoms with Gasteiger partial charge in [0.25, 0.3) is 0 Å². The molecule has 0 spiro atoms. The van der Waals surface area contributed by atoms with Crippen LogP contribution in [0.2, 0.25) is 0 Å². The minimum Gasteiger partial charge on any atom is -0.465 e. The number of benzene rings is 1. The molecule has 2 aromatic rings. The number of methoxy groups -OCH3 is 1. The number of ether oxygens (including phenoxy) is 1. The second-order valence-corrected chi connectivity index (χ2v) is 5.98. The lowest BCUT2D eigenvalue weighted by molar-refractivity contribution is -0.126. The van der Waals surface area contributed by atoms with Gasteiger partial charge in [0.2, 0.25) is 11.8 Å². The van der Waals surface area contributed by atoms with Crippen LogP contribution in [0.5, 0.6) is 0 Å². The molecule has 1 aromatic heterocycles. The lowest BCUT2D eigenvalue weighted by Crippen LogP contribution is -2.32. The number of carbonyl (C=O) groups is 3. The fraction of sp³-hybridized carbons (Fsp3) is 0.263. The first-order valence-electron chi connectivity index (χ1n) is 8.25. The lowest BCUT2D eigenvalue weighted by atomic mass is 10.1. The van der Waals surface area contributed by atoms with Gasteiger partial charge in [0.15, 0.2) is 0 Å². The summed E-state index contributed by atoms with van der Waals surface area (Å²) in [5, 5.41) is 2.82. The number of nitrogens with one attached hydrogen (secondary N) is 1. The number of nitrogens with zero attached hydrogens (tertiary/aromatic N) is 2. The quantitative estimate of drug-likeness (QED) is 0.824. The Kier molecular flexibility index (Phi) is 5.26. The van der Waals surface area contributed by atoms with Crippen molar-refractivity contribution in [1.29, 1.82) is 0 Å². The zero-order chi connectivity index (χ0) is 18.5. The fourth-order valence-electron chi connectivity index (χ4n) is 2.85. The molecule has 0 aliphatic carbocycles. The minimum absolute atomic E-state index is 0.117. The normalized spacial score (nSPS) is 16.4. The van der Waals surface area contributed by atoms with Gasteiger partial charge in [0.05, 0.1) is 30.8 Å². The Hall–Kier alpha value is -3.22. The highest BCUT2D eigenvalue weighted by atomic mass is 16.5. The number of amides is 2. The first-order valence-corrected chi connectivity index (χ1v) is 8.25. The predicted molar refractivity (Wildman–Crippen MR) is 94.3 cm³/mol. The topological polar surface area (TPSA) is 88.6 Å². The van der Waals surface area contributed by atoms with Crippen LogP contribution >= 0.6 is 0 Å². The van der Waals surface area contributed by atoms with Crippen molar-refractivity contribution in [3.05, 3.63) is 59.9 Å². The van der Waals surface area contributed by atoms with Crippen LogP contribution in [0.15, 0.2) is 48.7 Å². The molecular formula is C19H19N3O4. The van der Waals surface area contributed by atoms with Gasteiger partial charge in [0.1, 0.15) is 0 Å². The molecule has 1 saturated heterocycles. The highest BCUT2D eigenvalue weighted by molar-refractivity contribution is 6.00. The molecule has 2 heterocycles. The number of hydrogen-bond acceptors (Lipinski definition) is 5. The molecular weight excluding hydrogens is 334 g/mol. The van der Waals surface area contributed by atoms with Crippen molar-refractivity contribution in [3.63, 3.8) is 0 Å². The van der Waals surface area contributed by atoms with Crippen molar-refractivity contribution in [3.8, 4) is 0 Å². The molecule has 7 nitrogen and oxygen atoms in total. The Labute approximate surface area is 151 Å². The van der Waals surface area contributed by atoms with E-state index in [-0.39, 0.29) is 18.2 Å². The van der Waals surface area contributed by atoms with E-state index in [1.807, 2.05) is 18.2 Å². The molecule has 1 unspecified atom stereocenters. The maximum Gasteiger partial charge on any atom is 0.337 e. The summed E-state index contributed by atoms with van der Waals surface area (Å²) in [5.74, 6) is -1.13. The maximum absolute atomic E-state index is 12.3. The highest BCUT2D eigenvalue weighted by Gasteiger charge is 2.35. The molecule has 1 N–H and O–H groups in total. The van der Waals surface area contributed by atoms with Crippen LogP contribution in [0.3, 0.4) is 0 Å². The third-order valence-electron chi connectivity index (χ3n) is 4.27. The van der Waals surface area contributed by atoms with Crippen LogP contribution in [0, 0.1) is 5.92 Å². The molecule has 1 atom stereocenters. The van der Waals surface area contributed by atoms with Gasteiger partial charge >= 0.3 is 5.97 Å². The number of rotatable bonds is 5. The van der Waals surface area contributed by atoms with Crippen molar-refractivity contribution in [2.45, 2.75) is 13.0 Å². The van der Waals surface area contributed by atoms with Crippen molar-refractivity contribution >= 4 is 23.5 Å². The molecule has 1 aliphatic heterocycles. The van der Waals surface area contributed by atoms with Crippen LogP contribution in [-0.4, -0.2) is 36.4 Å². The van der Waals surface area contributed by atoms with Crippen molar-refractivity contribution in [2.75, 3.05) is 18.6 Å². The summed E-state index contributed by atoms with van der Waals surface area (Å²) in [4.78, 5) is 41.8. The predicted octanol–water partition coefficient (Wildman–Crippen LogP) is 1.54. The summed E-state index contributed by atoms with van der Waals surface area (Å²) in [6.45, 7) is 0.642. The van der Waals surface area contributed by atoms with E-state index < -0.39 is 11.9 Å². The van der Waals surface area contributed by atoms with Crippen molar-refractivity contribution < 1.29 is 19.1 Å². The Morgan fingerprint density at radius 1 is 1.23 bits per heavy atom. The van der Waals surface area contributed by atoms with Crippen LogP contribution in [0.25, 0.3) is 0 Å². The van der Waals surface area contributed by atoms with Crippen molar-refractivity contribution in [1.82, 2.24) is 10.3 Å². The second-order valence-electron chi connectivity index (χ2n) is 5.98. The Bertz CT molecular complexity index is 805. The van der Waals surface area contributed by atoms with Gasteiger partial charge in [-0.05, 0) is 36.4 Å². The summed E-state index contributed by atoms with van der Waals surface area (Å²) < 4.78 is 4.66. The van der Waals surface area contributed by atoms with Crippen LogP contribution in [-0.2, 0) is 20.9 Å². The number of anilines is 1. The fourth-order valence-corrected chi connectivity index (χ4v) is 2.85. The average Bonchev–Trinajstić information content (AvgIpc) is 3.08. The molecule has 134 valence electrons. The number of esters is 1. The summed E-state index contributed by atoms with van der Waals surface area (Å²) in [6.07, 6.45) is 1.83. The first-order chi connectivity index (χ1) is 12.6. The van der Waals surface area contributed by atoms with Gasteiger partial charge in [-0.25, -0.2) is 4.79 Å². The molecule has 2 amide bonds. The average molecular weight is 353 g/mol. The number of pyridine rings is 1. The largest absolute Gasteiger partial charge is 0.465 e. The molecule has 0 radical (unpaired) electrons. The van der Waals surface area contributed by atoms with E-state index >= 15 is 0 Å². The van der Waals surface area contributed by atoms with Crippen LogP contribution < -0.4 is 10.2 Å². The molecule has 0 bridgehead atoms. The summed E-state index contributed by atoms with van der Waals surface area (Å²) in [6, 6.07) is 12.1. The smallest absolute Gasteiger partial charge is 0.337 e. The monoisotopic (exact) mass is 353 g/mol. The van der Waals surface area contributed by atoms with Gasteiger partial charge in [-0.3, -0.25) is 14.6 Å². The van der Waals surface area contributed by atoms with Gasteiger partial charge in [-0.1, -0.05) is 6.07 Å². The zero-order valence-electron chi connectivity index (χ0n) is 14.3.